The van der Waals surface area contributed by atoms with Crippen LogP contribution in [0.25, 0.3) is 0 Å². The molecule has 0 saturated carbocycles. The number of carbonyl (C=O) groups excluding carboxylic acids is 1. The van der Waals surface area contributed by atoms with Gasteiger partial charge in [-0.25, -0.2) is 8.78 Å². The second kappa shape index (κ2) is 7.99. The number of amides is 1. The minimum absolute atomic E-state index is 0.226. The van der Waals surface area contributed by atoms with E-state index in [0.29, 0.717) is 41.5 Å². The Bertz CT molecular complexity index is 1430. The van der Waals surface area contributed by atoms with Crippen molar-refractivity contribution in [1.82, 2.24) is 9.58 Å². The zero-order valence-electron chi connectivity index (χ0n) is 18.2. The first-order valence-electron chi connectivity index (χ1n) is 10.8. The quantitative estimate of drug-likeness (QED) is 0.600. The molecule has 0 radical (unpaired) electrons. The molecule has 0 aliphatic carbocycles. The number of aryl methyl sites for hydroxylation is 1. The number of hydrogen-bond acceptors (Lipinski definition) is 5. The lowest BCUT2D eigenvalue weighted by atomic mass is 9.86. The van der Waals surface area contributed by atoms with Gasteiger partial charge in [0.25, 0.3) is 5.91 Å². The number of hydrogen-bond donors (Lipinski definition) is 1. The van der Waals surface area contributed by atoms with Crippen LogP contribution >= 0.6 is 0 Å². The third-order valence-electron chi connectivity index (χ3n) is 6.60. The second-order valence-electron chi connectivity index (χ2n) is 8.46. The maximum Gasteiger partial charge on any atom is 0.277 e. The standard InChI is InChI=1S/C25H20F2N4O3/c1-29-21-8-4-6-14-11-18(26)19(27)12-17(14)22(16-7-3-2-5-15(16)13-28)31(21)30-10-9-20(32)24(33)23(30)25(29)34/h2-3,5,7,9-12,21-22,33H,4,6,8H2,1H3. The van der Waals surface area contributed by atoms with Crippen molar-refractivity contribution in [1.29, 1.82) is 5.26 Å². The summed E-state index contributed by atoms with van der Waals surface area (Å²) in [6, 6.07) is 11.6. The first-order valence-corrected chi connectivity index (χ1v) is 10.8. The predicted octanol–water partition coefficient (Wildman–Crippen LogP) is 3.18. The molecule has 2 aliphatic rings. The summed E-state index contributed by atoms with van der Waals surface area (Å²) < 4.78 is 30.2. The maximum absolute atomic E-state index is 14.6. The lowest BCUT2D eigenvalue weighted by Crippen LogP contribution is -2.61. The van der Waals surface area contributed by atoms with Gasteiger partial charge in [-0.05, 0) is 54.2 Å². The average molecular weight is 462 g/mol. The molecule has 3 heterocycles. The Morgan fingerprint density at radius 3 is 2.59 bits per heavy atom. The number of aromatic nitrogens is 1. The molecule has 5 rings (SSSR count). The fourth-order valence-electron chi connectivity index (χ4n) is 4.99. The fraction of sp³-hybridized carbons (Fsp3) is 0.240. The van der Waals surface area contributed by atoms with Gasteiger partial charge in [-0.3, -0.25) is 19.3 Å². The van der Waals surface area contributed by atoms with Gasteiger partial charge in [-0.15, -0.1) is 0 Å². The normalized spacial score (nSPS) is 19.4. The van der Waals surface area contributed by atoms with Crippen molar-refractivity contribution in [2.75, 3.05) is 12.1 Å². The highest BCUT2D eigenvalue weighted by Gasteiger charge is 2.43. The van der Waals surface area contributed by atoms with Crippen LogP contribution in [-0.4, -0.2) is 33.8 Å². The van der Waals surface area contributed by atoms with Crippen LogP contribution in [0.2, 0.25) is 0 Å². The first-order chi connectivity index (χ1) is 16.3. The summed E-state index contributed by atoms with van der Waals surface area (Å²) >= 11 is 0. The van der Waals surface area contributed by atoms with E-state index >= 15 is 0 Å². The van der Waals surface area contributed by atoms with Crippen molar-refractivity contribution in [3.8, 4) is 11.8 Å². The number of carbonyl (C=O) groups is 1. The SMILES string of the molecule is CN1C(=O)c2c(O)c(=O)ccn2N2C(c3ccccc3C#N)c3cc(F)c(F)cc3CCCC12. The van der Waals surface area contributed by atoms with Crippen molar-refractivity contribution in [2.45, 2.75) is 31.5 Å². The summed E-state index contributed by atoms with van der Waals surface area (Å²) in [6.07, 6.45) is 2.36. The molecule has 0 saturated heterocycles. The van der Waals surface area contributed by atoms with Gasteiger partial charge in [0.05, 0.1) is 17.7 Å². The average Bonchev–Trinajstić information content (AvgIpc) is 2.82. The monoisotopic (exact) mass is 462 g/mol. The summed E-state index contributed by atoms with van der Waals surface area (Å²) in [5.41, 5.74) is 0.945. The predicted molar refractivity (Wildman–Crippen MR) is 119 cm³/mol. The number of nitrogens with zero attached hydrogens (tertiary/aromatic N) is 4. The number of halogens is 2. The molecule has 1 aromatic heterocycles. The Balaban J connectivity index is 1.89. The molecule has 0 bridgehead atoms. The van der Waals surface area contributed by atoms with E-state index in [1.807, 2.05) is 0 Å². The van der Waals surface area contributed by atoms with Crippen LogP contribution in [0.5, 0.6) is 5.75 Å². The number of aromatic hydroxyl groups is 1. The summed E-state index contributed by atoms with van der Waals surface area (Å²) in [4.78, 5) is 26.8. The van der Waals surface area contributed by atoms with Gasteiger partial charge < -0.3 is 10.0 Å². The molecule has 2 atom stereocenters. The zero-order valence-corrected chi connectivity index (χ0v) is 18.2. The third kappa shape index (κ3) is 3.14. The van der Waals surface area contributed by atoms with E-state index in [9.17, 15) is 28.7 Å². The van der Waals surface area contributed by atoms with E-state index in [1.54, 1.807) is 36.3 Å². The Morgan fingerprint density at radius 2 is 1.82 bits per heavy atom. The highest BCUT2D eigenvalue weighted by Crippen LogP contribution is 2.40. The molecule has 2 unspecified atom stereocenters. The molecule has 172 valence electrons. The number of benzene rings is 2. The largest absolute Gasteiger partial charge is 0.502 e. The highest BCUT2D eigenvalue weighted by atomic mass is 19.2. The van der Waals surface area contributed by atoms with Crippen LogP contribution < -0.4 is 10.4 Å². The van der Waals surface area contributed by atoms with E-state index in [4.69, 9.17) is 0 Å². The maximum atomic E-state index is 14.6. The van der Waals surface area contributed by atoms with Crippen molar-refractivity contribution in [3.05, 3.63) is 98.5 Å². The molecule has 0 spiro atoms. The van der Waals surface area contributed by atoms with Gasteiger partial charge in [0.2, 0.25) is 5.43 Å². The molecular formula is C25H20F2N4O3. The van der Waals surface area contributed by atoms with Crippen LogP contribution in [-0.2, 0) is 6.42 Å². The lowest BCUT2D eigenvalue weighted by Gasteiger charge is -2.50. The lowest BCUT2D eigenvalue weighted by molar-refractivity contribution is 0.0600. The fourth-order valence-corrected chi connectivity index (χ4v) is 4.99. The van der Waals surface area contributed by atoms with Gasteiger partial charge in [-0.1, -0.05) is 18.2 Å². The minimum atomic E-state index is -1.03. The van der Waals surface area contributed by atoms with Crippen molar-refractivity contribution in [2.24, 2.45) is 0 Å². The Kier molecular flexibility index (Phi) is 5.09. The summed E-state index contributed by atoms with van der Waals surface area (Å²) in [7, 11) is 1.57. The van der Waals surface area contributed by atoms with Crippen LogP contribution in [0.1, 0.15) is 51.6 Å². The van der Waals surface area contributed by atoms with Crippen molar-refractivity contribution < 1.29 is 18.7 Å². The van der Waals surface area contributed by atoms with Crippen LogP contribution in [0.4, 0.5) is 8.78 Å². The number of nitriles is 1. The molecule has 3 aromatic rings. The first kappa shape index (κ1) is 21.6. The molecule has 2 aromatic carbocycles. The van der Waals surface area contributed by atoms with E-state index in [1.165, 1.54) is 21.8 Å². The minimum Gasteiger partial charge on any atom is -0.502 e. The number of fused-ring (bicyclic) bond motifs is 4. The molecular weight excluding hydrogens is 442 g/mol. The summed E-state index contributed by atoms with van der Waals surface area (Å²) in [6.45, 7) is 0. The number of rotatable bonds is 1. The molecule has 1 amide bonds. The molecule has 0 fully saturated rings. The van der Waals surface area contributed by atoms with Crippen molar-refractivity contribution in [3.63, 3.8) is 0 Å². The molecule has 9 heteroatoms. The molecule has 7 nitrogen and oxygen atoms in total. The van der Waals surface area contributed by atoms with Gasteiger partial charge in [-0.2, -0.15) is 5.26 Å². The molecule has 2 aliphatic heterocycles. The highest BCUT2D eigenvalue weighted by molar-refractivity contribution is 5.96. The van der Waals surface area contributed by atoms with E-state index in [0.717, 1.165) is 12.1 Å². The topological polar surface area (TPSA) is 89.6 Å². The van der Waals surface area contributed by atoms with Crippen molar-refractivity contribution >= 4 is 5.91 Å². The molecule has 34 heavy (non-hydrogen) atoms. The third-order valence-corrected chi connectivity index (χ3v) is 6.60. The summed E-state index contributed by atoms with van der Waals surface area (Å²) in [5.74, 6) is -3.22. The van der Waals surface area contributed by atoms with Crippen LogP contribution in [0, 0.1) is 23.0 Å². The van der Waals surface area contributed by atoms with Gasteiger partial charge >= 0.3 is 0 Å². The Hall–Kier alpha value is -4.19. The van der Waals surface area contributed by atoms with Gasteiger partial charge in [0.1, 0.15) is 6.17 Å². The summed E-state index contributed by atoms with van der Waals surface area (Å²) in [5, 5.41) is 22.1. The van der Waals surface area contributed by atoms with E-state index < -0.39 is 40.9 Å². The van der Waals surface area contributed by atoms with Gasteiger partial charge in [0.15, 0.2) is 23.1 Å². The second-order valence-corrected chi connectivity index (χ2v) is 8.46. The van der Waals surface area contributed by atoms with Gasteiger partial charge in [0, 0.05) is 19.3 Å². The van der Waals surface area contributed by atoms with Crippen LogP contribution in [0.3, 0.4) is 0 Å². The smallest absolute Gasteiger partial charge is 0.277 e. The Morgan fingerprint density at radius 1 is 1.09 bits per heavy atom. The number of pyridine rings is 1. The van der Waals surface area contributed by atoms with E-state index in [2.05, 4.69) is 6.07 Å². The molecule has 1 N–H and O–H groups in total. The van der Waals surface area contributed by atoms with E-state index in [-0.39, 0.29) is 5.69 Å². The Labute approximate surface area is 193 Å². The van der Waals surface area contributed by atoms with Crippen LogP contribution in [0.15, 0.2) is 53.5 Å². The zero-order chi connectivity index (χ0) is 24.1.